The van der Waals surface area contributed by atoms with E-state index >= 15 is 0 Å². The van der Waals surface area contributed by atoms with E-state index in [4.69, 9.17) is 0 Å². The van der Waals surface area contributed by atoms with Gasteiger partial charge >= 0.3 is 0 Å². The molecule has 0 aromatic carbocycles. The van der Waals surface area contributed by atoms with Crippen molar-refractivity contribution in [2.45, 2.75) is 26.3 Å². The van der Waals surface area contributed by atoms with Gasteiger partial charge in [0.1, 0.15) is 10.7 Å². The van der Waals surface area contributed by atoms with Crippen molar-refractivity contribution in [3.63, 3.8) is 0 Å². The monoisotopic (exact) mass is 405 g/mol. The molecule has 1 amide bonds. The summed E-state index contributed by atoms with van der Waals surface area (Å²) < 4.78 is 30.2. The van der Waals surface area contributed by atoms with Crippen LogP contribution in [0.4, 0.5) is 19.5 Å². The number of nitrogens with one attached hydrogen (secondary N) is 2. The molecule has 0 aliphatic carbocycles. The number of rotatable bonds is 3. The number of thiophene rings is 1. The molecule has 4 rings (SSSR count). The summed E-state index contributed by atoms with van der Waals surface area (Å²) in [6.07, 6.45) is 3.21. The SMILES string of the molecule is Cc1cn2cc(NC(=O)c3sc(N4CCNC(C)(C)C4)cc3F)cc(F)c2n1. The van der Waals surface area contributed by atoms with Crippen molar-refractivity contribution >= 4 is 33.6 Å². The van der Waals surface area contributed by atoms with Crippen LogP contribution < -0.4 is 15.5 Å². The second-order valence-corrected chi connectivity index (χ2v) is 8.67. The van der Waals surface area contributed by atoms with E-state index in [0.717, 1.165) is 31.0 Å². The number of halogens is 2. The molecule has 28 heavy (non-hydrogen) atoms. The lowest BCUT2D eigenvalue weighted by atomic mass is 10.0. The minimum Gasteiger partial charge on any atom is -0.360 e. The second-order valence-electron chi connectivity index (χ2n) is 7.64. The maximum Gasteiger partial charge on any atom is 0.268 e. The van der Waals surface area contributed by atoms with E-state index in [-0.39, 0.29) is 21.8 Å². The highest BCUT2D eigenvalue weighted by molar-refractivity contribution is 7.18. The minimum atomic E-state index is -0.598. The molecular weight excluding hydrogens is 384 g/mol. The van der Waals surface area contributed by atoms with Crippen molar-refractivity contribution in [1.82, 2.24) is 14.7 Å². The highest BCUT2D eigenvalue weighted by atomic mass is 32.1. The van der Waals surface area contributed by atoms with Crippen LogP contribution in [0.1, 0.15) is 29.2 Å². The third kappa shape index (κ3) is 3.59. The van der Waals surface area contributed by atoms with Crippen LogP contribution in [0.15, 0.2) is 24.5 Å². The zero-order valence-electron chi connectivity index (χ0n) is 15.8. The van der Waals surface area contributed by atoms with Crippen LogP contribution in [-0.2, 0) is 0 Å². The molecule has 9 heteroatoms. The summed E-state index contributed by atoms with van der Waals surface area (Å²) in [5.74, 6) is -1.73. The molecule has 4 heterocycles. The lowest BCUT2D eigenvalue weighted by Gasteiger charge is -2.39. The Balaban J connectivity index is 1.56. The number of anilines is 2. The molecule has 3 aromatic heterocycles. The first-order chi connectivity index (χ1) is 13.2. The Labute approximate surface area is 165 Å². The zero-order valence-corrected chi connectivity index (χ0v) is 16.7. The summed E-state index contributed by atoms with van der Waals surface area (Å²) in [7, 11) is 0. The lowest BCUT2D eigenvalue weighted by molar-refractivity contribution is 0.102. The van der Waals surface area contributed by atoms with Gasteiger partial charge in [-0.2, -0.15) is 0 Å². The Hall–Kier alpha value is -2.52. The van der Waals surface area contributed by atoms with Crippen molar-refractivity contribution in [3.05, 3.63) is 46.7 Å². The molecule has 1 fully saturated rings. The largest absolute Gasteiger partial charge is 0.360 e. The van der Waals surface area contributed by atoms with E-state index in [9.17, 15) is 13.6 Å². The second kappa shape index (κ2) is 6.82. The van der Waals surface area contributed by atoms with E-state index in [1.54, 1.807) is 19.3 Å². The van der Waals surface area contributed by atoms with E-state index in [1.165, 1.54) is 16.5 Å². The van der Waals surface area contributed by atoms with E-state index in [0.29, 0.717) is 10.7 Å². The molecule has 1 saturated heterocycles. The van der Waals surface area contributed by atoms with Crippen molar-refractivity contribution in [3.8, 4) is 0 Å². The summed E-state index contributed by atoms with van der Waals surface area (Å²) in [5, 5.41) is 6.70. The van der Waals surface area contributed by atoms with Crippen LogP contribution in [0.2, 0.25) is 0 Å². The fourth-order valence-electron chi connectivity index (χ4n) is 3.43. The van der Waals surface area contributed by atoms with Gasteiger partial charge in [-0.25, -0.2) is 13.8 Å². The first kappa shape index (κ1) is 18.8. The summed E-state index contributed by atoms with van der Waals surface area (Å²) in [6.45, 7) is 8.17. The van der Waals surface area contributed by atoms with Gasteiger partial charge in [-0.15, -0.1) is 11.3 Å². The van der Waals surface area contributed by atoms with Gasteiger partial charge in [0.25, 0.3) is 5.91 Å². The number of hydrogen-bond donors (Lipinski definition) is 2. The van der Waals surface area contributed by atoms with Crippen molar-refractivity contribution < 1.29 is 13.6 Å². The standard InChI is InChI=1S/C19H21F2N5OS/c1-11-8-26-9-12(6-14(21)17(26)23-11)24-18(27)16-13(20)7-15(28-16)25-5-4-22-19(2,3)10-25/h6-9,22H,4-5,10H2,1-3H3,(H,24,27). The Bertz CT molecular complexity index is 1060. The molecular formula is C19H21F2N5OS. The van der Waals surface area contributed by atoms with E-state index in [1.807, 2.05) is 0 Å². The number of aryl methyl sites for hydroxylation is 1. The van der Waals surface area contributed by atoms with Gasteiger partial charge in [0.2, 0.25) is 0 Å². The van der Waals surface area contributed by atoms with Gasteiger partial charge in [-0.1, -0.05) is 0 Å². The van der Waals surface area contributed by atoms with Crippen LogP contribution in [0.3, 0.4) is 0 Å². The Morgan fingerprint density at radius 3 is 2.82 bits per heavy atom. The van der Waals surface area contributed by atoms with Gasteiger partial charge in [0.15, 0.2) is 11.5 Å². The Morgan fingerprint density at radius 1 is 1.29 bits per heavy atom. The number of fused-ring (bicyclic) bond motifs is 1. The third-order valence-corrected chi connectivity index (χ3v) is 5.82. The lowest BCUT2D eigenvalue weighted by Crippen LogP contribution is -2.57. The van der Waals surface area contributed by atoms with Crippen LogP contribution >= 0.6 is 11.3 Å². The number of nitrogens with zero attached hydrogens (tertiary/aromatic N) is 3. The van der Waals surface area contributed by atoms with E-state index in [2.05, 4.69) is 34.4 Å². The number of carbonyl (C=O) groups excluding carboxylic acids is 1. The molecule has 0 unspecified atom stereocenters. The molecule has 1 aliphatic rings. The van der Waals surface area contributed by atoms with Crippen LogP contribution in [0.5, 0.6) is 0 Å². The maximum absolute atomic E-state index is 14.5. The number of amides is 1. The molecule has 0 radical (unpaired) electrons. The molecule has 0 spiro atoms. The fraction of sp³-hybridized carbons (Fsp3) is 0.368. The third-order valence-electron chi connectivity index (χ3n) is 4.65. The quantitative estimate of drug-likeness (QED) is 0.701. The van der Waals surface area contributed by atoms with E-state index < -0.39 is 17.5 Å². The molecule has 1 aliphatic heterocycles. The van der Waals surface area contributed by atoms with Crippen molar-refractivity contribution in [2.24, 2.45) is 0 Å². The molecule has 0 saturated carbocycles. The molecule has 0 bridgehead atoms. The Morgan fingerprint density at radius 2 is 2.07 bits per heavy atom. The molecule has 6 nitrogen and oxygen atoms in total. The predicted molar refractivity (Wildman–Crippen MR) is 106 cm³/mol. The highest BCUT2D eigenvalue weighted by Crippen LogP contribution is 2.32. The number of imidazole rings is 1. The smallest absolute Gasteiger partial charge is 0.268 e. The van der Waals surface area contributed by atoms with Gasteiger partial charge in [0, 0.05) is 49.7 Å². The first-order valence-corrected chi connectivity index (χ1v) is 9.79. The summed E-state index contributed by atoms with van der Waals surface area (Å²) in [4.78, 5) is 18.7. The van der Waals surface area contributed by atoms with Gasteiger partial charge in [-0.05, 0) is 20.8 Å². The Kier molecular flexibility index (Phi) is 4.59. The number of carbonyl (C=O) groups is 1. The number of pyridine rings is 1. The normalized spacial score (nSPS) is 16.5. The topological polar surface area (TPSA) is 61.7 Å². The van der Waals surface area contributed by atoms with Gasteiger partial charge < -0.3 is 19.9 Å². The maximum atomic E-state index is 14.5. The number of hydrogen-bond acceptors (Lipinski definition) is 5. The summed E-state index contributed by atoms with van der Waals surface area (Å²) in [5.41, 5.74) is 0.999. The fourth-order valence-corrected chi connectivity index (χ4v) is 4.39. The summed E-state index contributed by atoms with van der Waals surface area (Å²) >= 11 is 1.10. The number of piperazine rings is 1. The molecule has 0 atom stereocenters. The average Bonchev–Trinajstić information content (AvgIpc) is 3.16. The molecule has 3 aromatic rings. The van der Waals surface area contributed by atoms with Crippen molar-refractivity contribution in [1.29, 1.82) is 0 Å². The highest BCUT2D eigenvalue weighted by Gasteiger charge is 2.28. The van der Waals surface area contributed by atoms with Crippen LogP contribution in [0, 0.1) is 18.6 Å². The molecule has 2 N–H and O–H groups in total. The molecule has 148 valence electrons. The van der Waals surface area contributed by atoms with Crippen LogP contribution in [-0.4, -0.2) is 40.5 Å². The van der Waals surface area contributed by atoms with Gasteiger partial charge in [0.05, 0.1) is 16.4 Å². The first-order valence-electron chi connectivity index (χ1n) is 8.97. The summed E-state index contributed by atoms with van der Waals surface area (Å²) in [6, 6.07) is 2.58. The number of aromatic nitrogens is 2. The van der Waals surface area contributed by atoms with Crippen LogP contribution in [0.25, 0.3) is 5.65 Å². The zero-order chi connectivity index (χ0) is 20.1. The average molecular weight is 405 g/mol. The van der Waals surface area contributed by atoms with Crippen molar-refractivity contribution in [2.75, 3.05) is 29.9 Å². The predicted octanol–water partition coefficient (Wildman–Crippen LogP) is 3.42. The van der Waals surface area contributed by atoms with Gasteiger partial charge in [-0.3, -0.25) is 4.79 Å². The minimum absolute atomic E-state index is 0.0198.